The molecule has 0 saturated carbocycles. The Kier molecular flexibility index (Phi) is 8.18. The minimum atomic E-state index is -1.13. The zero-order valence-electron chi connectivity index (χ0n) is 19.4. The van der Waals surface area contributed by atoms with Crippen LogP contribution in [0.15, 0.2) is 59.5 Å². The smallest absolute Gasteiger partial charge is 0.407 e. The molecule has 3 amide bonds. The number of alkyl carbamates (subject to hydrolysis) is 1. The first kappa shape index (κ1) is 25.5. The first-order valence-corrected chi connectivity index (χ1v) is 11.1. The molecule has 37 heavy (non-hydrogen) atoms. The summed E-state index contributed by atoms with van der Waals surface area (Å²) in [7, 11) is 0. The Morgan fingerprint density at radius 2 is 1.84 bits per heavy atom. The van der Waals surface area contributed by atoms with Crippen molar-refractivity contribution >= 4 is 29.5 Å². The van der Waals surface area contributed by atoms with Gasteiger partial charge in [0.1, 0.15) is 18.5 Å². The molecule has 2 aromatic carbocycles. The summed E-state index contributed by atoms with van der Waals surface area (Å²) in [6, 6.07) is 10.8. The number of aromatic hydroxyl groups is 1. The predicted molar refractivity (Wildman–Crippen MR) is 128 cm³/mol. The number of anilines is 2. The summed E-state index contributed by atoms with van der Waals surface area (Å²) in [5.74, 6) is -0.819. The van der Waals surface area contributed by atoms with E-state index in [1.165, 1.54) is 18.7 Å². The lowest BCUT2D eigenvalue weighted by Gasteiger charge is -2.18. The van der Waals surface area contributed by atoms with E-state index in [4.69, 9.17) is 23.7 Å². The zero-order chi connectivity index (χ0) is 26.2. The van der Waals surface area contributed by atoms with Crippen molar-refractivity contribution in [2.75, 3.05) is 30.5 Å². The molecular weight excluding hydrogens is 488 g/mol. The second-order valence-corrected chi connectivity index (χ2v) is 7.96. The van der Waals surface area contributed by atoms with E-state index in [1.807, 2.05) is 0 Å². The van der Waals surface area contributed by atoms with Crippen molar-refractivity contribution in [3.05, 3.63) is 60.6 Å². The van der Waals surface area contributed by atoms with Gasteiger partial charge < -0.3 is 44.8 Å². The number of amides is 3. The van der Waals surface area contributed by atoms with E-state index in [0.29, 0.717) is 28.3 Å². The number of carboxylic acids is 1. The van der Waals surface area contributed by atoms with Crippen molar-refractivity contribution in [2.45, 2.75) is 18.8 Å². The van der Waals surface area contributed by atoms with Gasteiger partial charge >= 0.3 is 18.1 Å². The average Bonchev–Trinajstić information content (AvgIpc) is 3.54. The van der Waals surface area contributed by atoms with Crippen LogP contribution in [0.3, 0.4) is 0 Å². The number of phenolic OH excluding ortho intramolecular Hbond substituents is 1. The number of carboxylic acid groups (broad SMARTS) is 1. The molecule has 2 unspecified atom stereocenters. The lowest BCUT2D eigenvalue weighted by atomic mass is 10.1. The quantitative estimate of drug-likeness (QED) is 0.286. The Bertz CT molecular complexity index is 1250. The summed E-state index contributed by atoms with van der Waals surface area (Å²) >= 11 is 0. The topological polar surface area (TPSA) is 181 Å². The summed E-state index contributed by atoms with van der Waals surface area (Å²) in [6.45, 7) is -0.168. The van der Waals surface area contributed by atoms with E-state index < -0.39 is 36.9 Å². The van der Waals surface area contributed by atoms with Crippen molar-refractivity contribution in [2.24, 2.45) is 0 Å². The minimum absolute atomic E-state index is 0.0848. The predicted octanol–water partition coefficient (Wildman–Crippen LogP) is 2.79. The lowest BCUT2D eigenvalue weighted by Crippen LogP contribution is -2.37. The van der Waals surface area contributed by atoms with Gasteiger partial charge in [-0.15, -0.1) is 0 Å². The molecule has 5 N–H and O–H groups in total. The number of ether oxygens (including phenoxy) is 3. The first-order chi connectivity index (χ1) is 17.9. The molecule has 0 spiro atoms. The molecule has 2 atom stereocenters. The monoisotopic (exact) mass is 512 g/mol. The highest BCUT2D eigenvalue weighted by Crippen LogP contribution is 2.31. The molecule has 1 aromatic heterocycles. The number of aliphatic carboxylic acids is 1. The van der Waals surface area contributed by atoms with E-state index in [1.54, 1.807) is 36.4 Å². The summed E-state index contributed by atoms with van der Waals surface area (Å²) in [6.07, 6.45) is 0.617. The Morgan fingerprint density at radius 3 is 2.57 bits per heavy atom. The fraction of sp³-hybridized carbons (Fsp3) is 0.250. The van der Waals surface area contributed by atoms with Gasteiger partial charge in [0.25, 0.3) is 0 Å². The van der Waals surface area contributed by atoms with Crippen LogP contribution in [0.4, 0.5) is 21.0 Å². The first-order valence-electron chi connectivity index (χ1n) is 11.1. The van der Waals surface area contributed by atoms with Gasteiger partial charge in [0.2, 0.25) is 0 Å². The molecular formula is C24H24N4O9. The highest BCUT2D eigenvalue weighted by molar-refractivity contribution is 6.00. The maximum absolute atomic E-state index is 12.4. The van der Waals surface area contributed by atoms with Gasteiger partial charge in [0.05, 0.1) is 25.0 Å². The second kappa shape index (κ2) is 11.9. The van der Waals surface area contributed by atoms with E-state index in [9.17, 15) is 19.5 Å². The molecule has 2 heterocycles. The van der Waals surface area contributed by atoms with Crippen LogP contribution in [-0.4, -0.2) is 65.3 Å². The van der Waals surface area contributed by atoms with Crippen molar-refractivity contribution in [3.8, 4) is 17.1 Å². The number of nitrogens with zero attached hydrogens (tertiary/aromatic N) is 1. The summed E-state index contributed by atoms with van der Waals surface area (Å²) in [5, 5.41) is 26.9. The van der Waals surface area contributed by atoms with Crippen LogP contribution in [0.25, 0.3) is 11.3 Å². The van der Waals surface area contributed by atoms with Crippen LogP contribution >= 0.6 is 0 Å². The minimum Gasteiger partial charge on any atom is -0.507 e. The van der Waals surface area contributed by atoms with Crippen molar-refractivity contribution in [1.82, 2.24) is 10.3 Å². The number of hydrogen-bond donors (Lipinski definition) is 5. The van der Waals surface area contributed by atoms with Crippen LogP contribution in [0, 0.1) is 0 Å². The molecule has 3 aromatic rings. The van der Waals surface area contributed by atoms with Gasteiger partial charge in [-0.3, -0.25) is 0 Å². The van der Waals surface area contributed by atoms with Crippen molar-refractivity contribution in [1.29, 1.82) is 0 Å². The summed E-state index contributed by atoms with van der Waals surface area (Å²) in [4.78, 5) is 39.1. The van der Waals surface area contributed by atoms with E-state index in [0.717, 1.165) is 0 Å². The fourth-order valence-corrected chi connectivity index (χ4v) is 3.53. The third kappa shape index (κ3) is 7.19. The lowest BCUT2D eigenvalue weighted by molar-refractivity contribution is -0.145. The van der Waals surface area contributed by atoms with Gasteiger partial charge in [-0.05, 0) is 29.8 Å². The number of urea groups is 1. The maximum Gasteiger partial charge on any atom is 0.407 e. The number of nitrogens with one attached hydrogen (secondary N) is 3. The van der Waals surface area contributed by atoms with Crippen LogP contribution in [-0.2, 0) is 25.5 Å². The number of oxazole rings is 1. The number of hydrogen-bond acceptors (Lipinski definition) is 9. The van der Waals surface area contributed by atoms with Gasteiger partial charge in [-0.1, -0.05) is 12.1 Å². The molecule has 1 fully saturated rings. The molecule has 0 aliphatic carbocycles. The van der Waals surface area contributed by atoms with Crippen molar-refractivity contribution < 1.29 is 43.2 Å². The van der Waals surface area contributed by atoms with Gasteiger partial charge in [-0.2, -0.15) is 0 Å². The highest BCUT2D eigenvalue weighted by Gasteiger charge is 2.33. The third-order valence-electron chi connectivity index (χ3n) is 5.23. The Morgan fingerprint density at radius 1 is 1.05 bits per heavy atom. The molecule has 1 aliphatic heterocycles. The van der Waals surface area contributed by atoms with Gasteiger partial charge in [0.15, 0.2) is 18.3 Å². The standard InChI is InChI=1S/C24H24N4O9/c29-18-7-16(4-5-17(18)19-9-25-13-36-19)28-23(32)27-15-3-1-2-14(6-15)8-26-24(33)37-21-11-34-10-20(21)35-12-22(30)31/h1-7,9,13,20-21,29H,8,10-12H2,(H,26,33)(H,30,31)(H2,27,28,32). The van der Waals surface area contributed by atoms with Crippen molar-refractivity contribution in [3.63, 3.8) is 0 Å². The number of rotatable bonds is 9. The normalized spacial score (nSPS) is 16.6. The van der Waals surface area contributed by atoms with Gasteiger partial charge in [-0.25, -0.2) is 19.4 Å². The Hall–Kier alpha value is -4.62. The largest absolute Gasteiger partial charge is 0.507 e. The maximum atomic E-state index is 12.4. The number of phenols is 1. The zero-order valence-corrected chi connectivity index (χ0v) is 19.4. The molecule has 13 nitrogen and oxygen atoms in total. The molecule has 0 bridgehead atoms. The number of benzene rings is 2. The number of aromatic nitrogens is 1. The third-order valence-corrected chi connectivity index (χ3v) is 5.23. The van der Waals surface area contributed by atoms with Gasteiger partial charge in [0, 0.05) is 24.0 Å². The molecule has 4 rings (SSSR count). The Labute approximate surface area is 210 Å². The number of carbonyl (C=O) groups excluding carboxylic acids is 2. The molecule has 194 valence electrons. The van der Waals surface area contributed by atoms with E-state index in [2.05, 4.69) is 20.9 Å². The number of carbonyl (C=O) groups is 3. The fourth-order valence-electron chi connectivity index (χ4n) is 3.53. The molecule has 0 radical (unpaired) electrons. The summed E-state index contributed by atoms with van der Waals surface area (Å²) in [5.41, 5.74) is 1.95. The molecule has 1 aliphatic rings. The van der Waals surface area contributed by atoms with Crippen LogP contribution < -0.4 is 16.0 Å². The van der Waals surface area contributed by atoms with Crippen LogP contribution in [0.2, 0.25) is 0 Å². The molecule has 1 saturated heterocycles. The van der Waals surface area contributed by atoms with E-state index >= 15 is 0 Å². The Balaban J connectivity index is 1.26. The summed E-state index contributed by atoms with van der Waals surface area (Å²) < 4.78 is 20.8. The van der Waals surface area contributed by atoms with Crippen LogP contribution in [0.5, 0.6) is 5.75 Å². The molecule has 13 heteroatoms. The SMILES string of the molecule is O=C(O)COC1COCC1OC(=O)NCc1cccc(NC(=O)Nc2ccc(-c3cnco3)c(O)c2)c1. The highest BCUT2D eigenvalue weighted by atomic mass is 16.6. The average molecular weight is 512 g/mol. The second-order valence-electron chi connectivity index (χ2n) is 7.96. The van der Waals surface area contributed by atoms with E-state index in [-0.39, 0.29) is 25.5 Å². The van der Waals surface area contributed by atoms with Crippen LogP contribution in [0.1, 0.15) is 5.56 Å².